The van der Waals surface area contributed by atoms with E-state index < -0.39 is 24.1 Å². The molecule has 6 heteroatoms. The highest BCUT2D eigenvalue weighted by Crippen LogP contribution is 2.33. The van der Waals surface area contributed by atoms with Crippen molar-refractivity contribution in [3.8, 4) is 11.1 Å². The number of benzene rings is 1. The van der Waals surface area contributed by atoms with Crippen LogP contribution in [0.3, 0.4) is 0 Å². The number of carboxylic acids is 1. The molecular formula is C14H10F3NO2. The van der Waals surface area contributed by atoms with Crippen LogP contribution in [0.25, 0.3) is 11.1 Å². The molecule has 0 aliphatic carbocycles. The van der Waals surface area contributed by atoms with Crippen molar-refractivity contribution in [1.29, 1.82) is 0 Å². The highest BCUT2D eigenvalue weighted by Gasteiger charge is 2.31. The molecule has 0 radical (unpaired) electrons. The Bertz CT molecular complexity index is 624. The molecule has 0 amide bonds. The van der Waals surface area contributed by atoms with Crippen LogP contribution >= 0.6 is 0 Å². The summed E-state index contributed by atoms with van der Waals surface area (Å²) in [7, 11) is 0. The molecule has 0 fully saturated rings. The van der Waals surface area contributed by atoms with Crippen LogP contribution in [0.2, 0.25) is 0 Å². The zero-order valence-corrected chi connectivity index (χ0v) is 10.2. The smallest absolute Gasteiger partial charge is 0.416 e. The third-order valence-electron chi connectivity index (χ3n) is 2.67. The molecule has 0 aliphatic heterocycles. The molecule has 104 valence electrons. The van der Waals surface area contributed by atoms with Gasteiger partial charge in [-0.2, -0.15) is 13.2 Å². The van der Waals surface area contributed by atoms with Gasteiger partial charge in [-0.25, -0.2) is 0 Å². The number of aliphatic carboxylic acids is 1. The van der Waals surface area contributed by atoms with Gasteiger partial charge in [0.15, 0.2) is 0 Å². The zero-order chi connectivity index (χ0) is 14.8. The Morgan fingerprint density at radius 2 is 1.95 bits per heavy atom. The number of hydrogen-bond donors (Lipinski definition) is 1. The molecule has 0 saturated carbocycles. The Balaban J connectivity index is 2.54. The molecule has 3 nitrogen and oxygen atoms in total. The van der Waals surface area contributed by atoms with Crippen LogP contribution in [0, 0.1) is 0 Å². The Morgan fingerprint density at radius 3 is 2.50 bits per heavy atom. The summed E-state index contributed by atoms with van der Waals surface area (Å²) in [5.41, 5.74) is 0.0377. The first-order valence-corrected chi connectivity index (χ1v) is 5.69. The standard InChI is InChI=1S/C14H10F3NO2/c15-14(16,17)12-5-9(6-13(19)20)4-11(7-12)10-2-1-3-18-8-10/h1-5,7-8H,6H2,(H,19,20). The number of hydrogen-bond acceptors (Lipinski definition) is 2. The fourth-order valence-electron chi connectivity index (χ4n) is 1.83. The Morgan fingerprint density at radius 1 is 1.20 bits per heavy atom. The zero-order valence-electron chi connectivity index (χ0n) is 10.2. The summed E-state index contributed by atoms with van der Waals surface area (Å²) in [6.07, 6.45) is -2.04. The van der Waals surface area contributed by atoms with E-state index in [9.17, 15) is 18.0 Å². The van der Waals surface area contributed by atoms with E-state index in [1.54, 1.807) is 12.1 Å². The molecule has 0 atom stereocenters. The molecule has 1 aromatic heterocycles. The molecule has 1 heterocycles. The van der Waals surface area contributed by atoms with E-state index in [1.165, 1.54) is 18.5 Å². The lowest BCUT2D eigenvalue weighted by Gasteiger charge is -2.11. The van der Waals surface area contributed by atoms with E-state index in [0.717, 1.165) is 12.1 Å². The monoisotopic (exact) mass is 281 g/mol. The maximum absolute atomic E-state index is 12.8. The van der Waals surface area contributed by atoms with Gasteiger partial charge in [-0.1, -0.05) is 12.1 Å². The summed E-state index contributed by atoms with van der Waals surface area (Å²) >= 11 is 0. The molecule has 0 spiro atoms. The number of alkyl halides is 3. The molecule has 0 aliphatic rings. The quantitative estimate of drug-likeness (QED) is 0.938. The number of pyridine rings is 1. The minimum atomic E-state index is -4.52. The van der Waals surface area contributed by atoms with Crippen LogP contribution in [-0.2, 0) is 17.4 Å². The van der Waals surface area contributed by atoms with Crippen molar-refractivity contribution in [2.75, 3.05) is 0 Å². The Kier molecular flexibility index (Phi) is 3.74. The second kappa shape index (κ2) is 5.32. The fourth-order valence-corrected chi connectivity index (χ4v) is 1.83. The van der Waals surface area contributed by atoms with Gasteiger partial charge in [-0.05, 0) is 29.3 Å². The Labute approximate surface area is 112 Å². The lowest BCUT2D eigenvalue weighted by Crippen LogP contribution is -2.08. The van der Waals surface area contributed by atoms with Crippen LogP contribution in [0.1, 0.15) is 11.1 Å². The van der Waals surface area contributed by atoms with Gasteiger partial charge in [0.05, 0.1) is 12.0 Å². The van der Waals surface area contributed by atoms with Crippen molar-refractivity contribution in [2.24, 2.45) is 0 Å². The molecule has 0 saturated heterocycles. The van der Waals surface area contributed by atoms with E-state index in [0.29, 0.717) is 11.1 Å². The van der Waals surface area contributed by atoms with Gasteiger partial charge >= 0.3 is 12.1 Å². The highest BCUT2D eigenvalue weighted by atomic mass is 19.4. The first-order valence-electron chi connectivity index (χ1n) is 5.69. The normalized spacial score (nSPS) is 11.3. The lowest BCUT2D eigenvalue weighted by atomic mass is 9.99. The van der Waals surface area contributed by atoms with Gasteiger partial charge < -0.3 is 5.11 Å². The molecule has 20 heavy (non-hydrogen) atoms. The fraction of sp³-hybridized carbons (Fsp3) is 0.143. The second-order valence-electron chi connectivity index (χ2n) is 4.23. The first kappa shape index (κ1) is 14.0. The van der Waals surface area contributed by atoms with E-state index in [1.807, 2.05) is 0 Å². The van der Waals surface area contributed by atoms with Gasteiger partial charge in [0.25, 0.3) is 0 Å². The summed E-state index contributed by atoms with van der Waals surface area (Å²) in [5, 5.41) is 8.73. The van der Waals surface area contributed by atoms with Crippen LogP contribution < -0.4 is 0 Å². The van der Waals surface area contributed by atoms with Gasteiger partial charge in [0, 0.05) is 18.0 Å². The average molecular weight is 281 g/mol. The second-order valence-corrected chi connectivity index (χ2v) is 4.23. The third-order valence-corrected chi connectivity index (χ3v) is 2.67. The number of aromatic nitrogens is 1. The Hall–Kier alpha value is -2.37. The van der Waals surface area contributed by atoms with Gasteiger partial charge in [-0.3, -0.25) is 9.78 Å². The number of carbonyl (C=O) groups is 1. The van der Waals surface area contributed by atoms with E-state index in [-0.39, 0.29) is 5.56 Å². The molecule has 0 unspecified atom stereocenters. The lowest BCUT2D eigenvalue weighted by molar-refractivity contribution is -0.138. The predicted molar refractivity (Wildman–Crippen MR) is 66.0 cm³/mol. The largest absolute Gasteiger partial charge is 0.481 e. The molecule has 0 bridgehead atoms. The van der Waals surface area contributed by atoms with Crippen molar-refractivity contribution < 1.29 is 23.1 Å². The summed E-state index contributed by atoms with van der Waals surface area (Å²) in [5.74, 6) is -1.18. The number of rotatable bonds is 3. The minimum absolute atomic E-state index is 0.103. The number of nitrogens with zero attached hydrogens (tertiary/aromatic N) is 1. The van der Waals surface area contributed by atoms with Crippen LogP contribution in [0.15, 0.2) is 42.7 Å². The van der Waals surface area contributed by atoms with Crippen molar-refractivity contribution in [2.45, 2.75) is 12.6 Å². The van der Waals surface area contributed by atoms with Crippen molar-refractivity contribution >= 4 is 5.97 Å². The van der Waals surface area contributed by atoms with Gasteiger partial charge in [0.2, 0.25) is 0 Å². The summed E-state index contributed by atoms with van der Waals surface area (Å²) in [4.78, 5) is 14.5. The number of halogens is 3. The van der Waals surface area contributed by atoms with Gasteiger partial charge in [0.1, 0.15) is 0 Å². The van der Waals surface area contributed by atoms with Crippen LogP contribution in [-0.4, -0.2) is 16.1 Å². The van der Waals surface area contributed by atoms with Crippen LogP contribution in [0.5, 0.6) is 0 Å². The van der Waals surface area contributed by atoms with Gasteiger partial charge in [-0.15, -0.1) is 0 Å². The summed E-state index contributed by atoms with van der Waals surface area (Å²) in [6, 6.07) is 6.50. The third kappa shape index (κ3) is 3.34. The van der Waals surface area contributed by atoms with E-state index in [4.69, 9.17) is 5.11 Å². The van der Waals surface area contributed by atoms with Crippen molar-refractivity contribution in [1.82, 2.24) is 4.98 Å². The summed E-state index contributed by atoms with van der Waals surface area (Å²) < 4.78 is 38.5. The maximum atomic E-state index is 12.8. The van der Waals surface area contributed by atoms with E-state index >= 15 is 0 Å². The van der Waals surface area contributed by atoms with Crippen molar-refractivity contribution in [3.63, 3.8) is 0 Å². The number of carboxylic acid groups (broad SMARTS) is 1. The van der Waals surface area contributed by atoms with Crippen LogP contribution in [0.4, 0.5) is 13.2 Å². The molecule has 1 aromatic carbocycles. The molecular weight excluding hydrogens is 271 g/mol. The SMILES string of the molecule is O=C(O)Cc1cc(-c2cccnc2)cc(C(F)(F)F)c1. The summed E-state index contributed by atoms with van der Waals surface area (Å²) in [6.45, 7) is 0. The molecule has 2 rings (SSSR count). The predicted octanol–water partition coefficient (Wildman–Crippen LogP) is 3.39. The minimum Gasteiger partial charge on any atom is -0.481 e. The average Bonchev–Trinajstić information content (AvgIpc) is 2.37. The highest BCUT2D eigenvalue weighted by molar-refractivity contribution is 5.72. The molecule has 2 aromatic rings. The van der Waals surface area contributed by atoms with E-state index in [2.05, 4.69) is 4.98 Å². The molecule has 1 N–H and O–H groups in total. The topological polar surface area (TPSA) is 50.2 Å². The maximum Gasteiger partial charge on any atom is 0.416 e. The van der Waals surface area contributed by atoms with Crippen molar-refractivity contribution in [3.05, 3.63) is 53.9 Å². The first-order chi connectivity index (χ1) is 9.36.